The van der Waals surface area contributed by atoms with Crippen molar-refractivity contribution in [2.45, 2.75) is 39.3 Å². The molecule has 2 atom stereocenters. The first-order chi connectivity index (χ1) is 9.93. The molecule has 1 fully saturated rings. The van der Waals surface area contributed by atoms with E-state index in [1.54, 1.807) is 18.2 Å². The molecule has 1 aliphatic heterocycles. The second-order valence-corrected chi connectivity index (χ2v) is 6.73. The van der Waals surface area contributed by atoms with Gasteiger partial charge in [0.15, 0.2) is 0 Å². The van der Waals surface area contributed by atoms with Gasteiger partial charge in [-0.1, -0.05) is 43.1 Å². The molecule has 0 aromatic heterocycles. The predicted octanol–water partition coefficient (Wildman–Crippen LogP) is 3.84. The molecule has 3 nitrogen and oxygen atoms in total. The summed E-state index contributed by atoms with van der Waals surface area (Å²) in [6.07, 6.45) is 0.973. The van der Waals surface area contributed by atoms with Gasteiger partial charge >= 0.3 is 0 Å². The molecule has 1 heterocycles. The van der Waals surface area contributed by atoms with E-state index in [1.165, 1.54) is 0 Å². The highest BCUT2D eigenvalue weighted by Crippen LogP contribution is 2.29. The fourth-order valence-electron chi connectivity index (χ4n) is 2.69. The van der Waals surface area contributed by atoms with Crippen molar-refractivity contribution < 1.29 is 4.79 Å². The van der Waals surface area contributed by atoms with Crippen LogP contribution in [0.25, 0.3) is 0 Å². The molecule has 0 saturated carbocycles. The number of carbonyl (C=O) groups excluding carboxylic acids is 1. The molecule has 116 valence electrons. The minimum Gasteiger partial charge on any atom is -0.331 e. The van der Waals surface area contributed by atoms with Gasteiger partial charge in [-0.3, -0.25) is 4.79 Å². The van der Waals surface area contributed by atoms with Gasteiger partial charge in [-0.2, -0.15) is 0 Å². The van der Waals surface area contributed by atoms with Gasteiger partial charge in [0.25, 0.3) is 5.91 Å². The zero-order valence-corrected chi connectivity index (χ0v) is 14.2. The van der Waals surface area contributed by atoms with E-state index in [4.69, 9.17) is 23.2 Å². The third kappa shape index (κ3) is 3.53. The van der Waals surface area contributed by atoms with Crippen LogP contribution in [0.3, 0.4) is 0 Å². The first-order valence-electron chi connectivity index (χ1n) is 7.41. The van der Waals surface area contributed by atoms with Crippen molar-refractivity contribution in [1.29, 1.82) is 0 Å². The Kier molecular flexibility index (Phi) is 5.53. The van der Waals surface area contributed by atoms with E-state index in [-0.39, 0.29) is 18.0 Å². The second kappa shape index (κ2) is 6.99. The van der Waals surface area contributed by atoms with Crippen molar-refractivity contribution in [3.05, 3.63) is 33.8 Å². The quantitative estimate of drug-likeness (QED) is 0.910. The van der Waals surface area contributed by atoms with Crippen molar-refractivity contribution in [3.63, 3.8) is 0 Å². The van der Waals surface area contributed by atoms with Gasteiger partial charge in [0.1, 0.15) is 0 Å². The highest BCUT2D eigenvalue weighted by molar-refractivity contribution is 6.43. The summed E-state index contributed by atoms with van der Waals surface area (Å²) in [4.78, 5) is 15.0. The van der Waals surface area contributed by atoms with Crippen LogP contribution in [-0.2, 0) is 0 Å². The molecule has 0 bridgehead atoms. The van der Waals surface area contributed by atoms with Gasteiger partial charge in [-0.05, 0) is 37.9 Å². The lowest BCUT2D eigenvalue weighted by atomic mass is 10.00. The number of nitrogens with zero attached hydrogens (tertiary/aromatic N) is 1. The monoisotopic (exact) mass is 328 g/mol. The smallest absolute Gasteiger partial charge is 0.255 e. The van der Waals surface area contributed by atoms with E-state index >= 15 is 0 Å². The standard InChI is InChI=1S/C16H22Cl2N2O/c1-10(2)11(3)20(12-7-8-19-9-12)16(21)13-5-4-6-14(17)15(13)18/h4-6,10-12,19H,7-9H2,1-3H3. The van der Waals surface area contributed by atoms with Crippen LogP contribution < -0.4 is 5.32 Å². The number of rotatable bonds is 4. The van der Waals surface area contributed by atoms with Crippen LogP contribution in [0.1, 0.15) is 37.6 Å². The molecule has 1 aromatic carbocycles. The largest absolute Gasteiger partial charge is 0.331 e. The van der Waals surface area contributed by atoms with Crippen LogP contribution in [0.5, 0.6) is 0 Å². The van der Waals surface area contributed by atoms with Crippen molar-refractivity contribution in [2.24, 2.45) is 5.92 Å². The average molecular weight is 329 g/mol. The van der Waals surface area contributed by atoms with Gasteiger partial charge in [0.2, 0.25) is 0 Å². The molecule has 2 rings (SSSR count). The molecular weight excluding hydrogens is 307 g/mol. The van der Waals surface area contributed by atoms with E-state index in [0.29, 0.717) is 21.5 Å². The lowest BCUT2D eigenvalue weighted by Crippen LogP contribution is -2.49. The minimum atomic E-state index is -0.0302. The summed E-state index contributed by atoms with van der Waals surface area (Å²) in [6, 6.07) is 5.59. The maximum atomic E-state index is 13.0. The Bertz CT molecular complexity index is 511. The Balaban J connectivity index is 2.35. The summed E-state index contributed by atoms with van der Waals surface area (Å²) in [5.41, 5.74) is 0.489. The van der Waals surface area contributed by atoms with E-state index in [2.05, 4.69) is 26.1 Å². The molecule has 5 heteroatoms. The van der Waals surface area contributed by atoms with Crippen molar-refractivity contribution in [1.82, 2.24) is 10.2 Å². The maximum absolute atomic E-state index is 13.0. The van der Waals surface area contributed by atoms with Gasteiger partial charge in [0, 0.05) is 18.6 Å². The Hall–Kier alpha value is -0.770. The zero-order valence-electron chi connectivity index (χ0n) is 12.7. The summed E-state index contributed by atoms with van der Waals surface area (Å²) < 4.78 is 0. The number of carbonyl (C=O) groups is 1. The molecule has 0 aliphatic carbocycles. The van der Waals surface area contributed by atoms with Gasteiger partial charge in [0.05, 0.1) is 15.6 Å². The second-order valence-electron chi connectivity index (χ2n) is 5.95. The number of hydrogen-bond donors (Lipinski definition) is 1. The summed E-state index contributed by atoms with van der Waals surface area (Å²) in [5.74, 6) is 0.352. The highest BCUT2D eigenvalue weighted by Gasteiger charge is 2.33. The number of hydrogen-bond acceptors (Lipinski definition) is 2. The van der Waals surface area contributed by atoms with Crippen LogP contribution in [0.4, 0.5) is 0 Å². The average Bonchev–Trinajstić information content (AvgIpc) is 2.95. The van der Waals surface area contributed by atoms with Crippen LogP contribution in [0.2, 0.25) is 10.0 Å². The lowest BCUT2D eigenvalue weighted by molar-refractivity contribution is 0.0551. The topological polar surface area (TPSA) is 32.3 Å². The molecule has 21 heavy (non-hydrogen) atoms. The maximum Gasteiger partial charge on any atom is 0.255 e. The van der Waals surface area contributed by atoms with Crippen molar-refractivity contribution in [2.75, 3.05) is 13.1 Å². The number of benzene rings is 1. The van der Waals surface area contributed by atoms with Gasteiger partial charge in [-0.15, -0.1) is 0 Å². The van der Waals surface area contributed by atoms with Crippen LogP contribution in [0, 0.1) is 5.92 Å². The lowest BCUT2D eigenvalue weighted by Gasteiger charge is -2.37. The van der Waals surface area contributed by atoms with Crippen molar-refractivity contribution >= 4 is 29.1 Å². The fraction of sp³-hybridized carbons (Fsp3) is 0.562. The van der Waals surface area contributed by atoms with Crippen LogP contribution in [-0.4, -0.2) is 36.0 Å². The van der Waals surface area contributed by atoms with Gasteiger partial charge < -0.3 is 10.2 Å². The molecule has 0 spiro atoms. The van der Waals surface area contributed by atoms with E-state index in [0.717, 1.165) is 19.5 Å². The van der Waals surface area contributed by atoms with Crippen LogP contribution >= 0.6 is 23.2 Å². The van der Waals surface area contributed by atoms with E-state index in [9.17, 15) is 4.79 Å². The zero-order chi connectivity index (χ0) is 15.6. The fourth-order valence-corrected chi connectivity index (χ4v) is 3.07. The summed E-state index contributed by atoms with van der Waals surface area (Å²) in [6.45, 7) is 8.14. The van der Waals surface area contributed by atoms with Crippen LogP contribution in [0.15, 0.2) is 18.2 Å². The first-order valence-corrected chi connectivity index (χ1v) is 8.16. The Morgan fingerprint density at radius 2 is 2.05 bits per heavy atom. The normalized spacial score (nSPS) is 19.8. The molecular formula is C16H22Cl2N2O. The molecule has 2 unspecified atom stereocenters. The van der Waals surface area contributed by atoms with Gasteiger partial charge in [-0.25, -0.2) is 0 Å². The van der Waals surface area contributed by atoms with Crippen molar-refractivity contribution in [3.8, 4) is 0 Å². The third-order valence-corrected chi connectivity index (χ3v) is 5.07. The summed E-state index contributed by atoms with van der Waals surface area (Å²) in [5, 5.41) is 4.09. The predicted molar refractivity (Wildman–Crippen MR) is 88.2 cm³/mol. The first kappa shape index (κ1) is 16.6. The Morgan fingerprint density at radius 3 is 2.62 bits per heavy atom. The summed E-state index contributed by atoms with van der Waals surface area (Å²) >= 11 is 12.3. The van der Waals surface area contributed by atoms with E-state index < -0.39 is 0 Å². The molecule has 1 amide bonds. The number of halogens is 2. The number of nitrogens with one attached hydrogen (secondary N) is 1. The Labute approximate surface area is 136 Å². The molecule has 0 radical (unpaired) electrons. The van der Waals surface area contributed by atoms with E-state index in [1.807, 2.05) is 4.90 Å². The number of amides is 1. The Morgan fingerprint density at radius 1 is 1.33 bits per heavy atom. The SMILES string of the molecule is CC(C)C(C)N(C(=O)c1cccc(Cl)c1Cl)C1CCNC1. The summed E-state index contributed by atoms with van der Waals surface area (Å²) in [7, 11) is 0. The molecule has 1 aliphatic rings. The molecule has 1 aromatic rings. The third-order valence-electron chi connectivity index (χ3n) is 4.25. The highest BCUT2D eigenvalue weighted by atomic mass is 35.5. The minimum absolute atomic E-state index is 0.0302. The molecule has 1 saturated heterocycles. The molecule has 1 N–H and O–H groups in total.